The van der Waals surface area contributed by atoms with Crippen LogP contribution in [0.4, 0.5) is 4.79 Å². The first kappa shape index (κ1) is 22.3. The van der Waals surface area contributed by atoms with Crippen molar-refractivity contribution in [3.8, 4) is 5.88 Å². The summed E-state index contributed by atoms with van der Waals surface area (Å²) in [5, 5.41) is 12.1. The molecule has 0 aliphatic carbocycles. The molecule has 2 aliphatic heterocycles. The number of benzene rings is 1. The lowest BCUT2D eigenvalue weighted by Gasteiger charge is -2.47. The molecule has 2 N–H and O–H groups in total. The van der Waals surface area contributed by atoms with Gasteiger partial charge in [-0.25, -0.2) is 9.78 Å². The molecule has 0 radical (unpaired) electrons. The summed E-state index contributed by atoms with van der Waals surface area (Å²) in [6, 6.07) is 10.2. The van der Waals surface area contributed by atoms with Crippen LogP contribution in [0, 0.1) is 0 Å². The Morgan fingerprint density at radius 1 is 1.28 bits per heavy atom. The minimum absolute atomic E-state index is 0.0152. The predicted molar refractivity (Wildman–Crippen MR) is 124 cm³/mol. The number of amides is 3. The maximum absolute atomic E-state index is 13.4. The normalized spacial score (nSPS) is 20.2. The lowest BCUT2D eigenvalue weighted by atomic mass is 10.0. The van der Waals surface area contributed by atoms with Gasteiger partial charge in [0.05, 0.1) is 12.1 Å². The van der Waals surface area contributed by atoms with Gasteiger partial charge >= 0.3 is 6.09 Å². The van der Waals surface area contributed by atoms with E-state index in [-0.39, 0.29) is 43.6 Å². The highest BCUT2D eigenvalue weighted by molar-refractivity contribution is 14.1. The van der Waals surface area contributed by atoms with E-state index in [2.05, 4.69) is 10.3 Å². The van der Waals surface area contributed by atoms with Crippen molar-refractivity contribution in [3.63, 3.8) is 0 Å². The average molecular weight is 550 g/mol. The van der Waals surface area contributed by atoms with Gasteiger partial charge in [-0.15, -0.1) is 0 Å². The lowest BCUT2D eigenvalue weighted by Crippen LogP contribution is -2.66. The number of likely N-dealkylation sites (tertiary alicyclic amines) is 1. The van der Waals surface area contributed by atoms with Gasteiger partial charge in [0.1, 0.15) is 0 Å². The minimum Gasteiger partial charge on any atom is -0.475 e. The molecular formula is C22H23IN4O5. The number of carbonyl (C=O) groups excluding carboxylic acids is 2. The van der Waals surface area contributed by atoms with Crippen LogP contribution in [0.5, 0.6) is 5.88 Å². The number of halogens is 1. The largest absolute Gasteiger partial charge is 0.475 e. The number of pyridine rings is 1. The molecule has 0 bridgehead atoms. The van der Waals surface area contributed by atoms with E-state index in [4.69, 9.17) is 4.74 Å². The number of alkyl halides is 1. The monoisotopic (exact) mass is 550 g/mol. The third kappa shape index (κ3) is 3.87. The Hall–Kier alpha value is -2.89. The number of hydrogen-bond donors (Lipinski definition) is 2. The third-order valence-electron chi connectivity index (χ3n) is 5.47. The van der Waals surface area contributed by atoms with E-state index in [1.54, 1.807) is 36.5 Å². The molecule has 0 saturated carbocycles. The van der Waals surface area contributed by atoms with Crippen molar-refractivity contribution in [1.82, 2.24) is 20.1 Å². The summed E-state index contributed by atoms with van der Waals surface area (Å²) >= 11 is 2.01. The number of nitrogens with zero attached hydrogens (tertiary/aromatic N) is 3. The van der Waals surface area contributed by atoms with Gasteiger partial charge in [-0.2, -0.15) is 0 Å². The van der Waals surface area contributed by atoms with Crippen molar-refractivity contribution < 1.29 is 24.2 Å². The van der Waals surface area contributed by atoms with E-state index in [0.717, 1.165) is 5.56 Å². The number of aromatic nitrogens is 1. The number of carbonyl (C=O) groups is 3. The predicted octanol–water partition coefficient (Wildman–Crippen LogP) is 2.59. The highest BCUT2D eigenvalue weighted by Gasteiger charge is 2.57. The van der Waals surface area contributed by atoms with Gasteiger partial charge in [-0.3, -0.25) is 9.59 Å². The summed E-state index contributed by atoms with van der Waals surface area (Å²) in [6.07, 6.45) is 0.618. The third-order valence-corrected chi connectivity index (χ3v) is 7.06. The van der Waals surface area contributed by atoms with Crippen LogP contribution in [-0.4, -0.2) is 63.0 Å². The molecule has 1 fully saturated rings. The zero-order valence-corrected chi connectivity index (χ0v) is 19.8. The Kier molecular flexibility index (Phi) is 5.97. The molecule has 1 aromatic carbocycles. The van der Waals surface area contributed by atoms with Gasteiger partial charge in [-0.05, 0) is 48.1 Å². The molecule has 0 spiro atoms. The highest BCUT2D eigenvalue weighted by atomic mass is 127. The van der Waals surface area contributed by atoms with E-state index in [9.17, 15) is 19.5 Å². The van der Waals surface area contributed by atoms with Gasteiger partial charge in [0.2, 0.25) is 5.88 Å². The van der Waals surface area contributed by atoms with Crippen molar-refractivity contribution in [2.75, 3.05) is 13.1 Å². The van der Waals surface area contributed by atoms with Gasteiger partial charge < -0.3 is 25.0 Å². The fourth-order valence-electron chi connectivity index (χ4n) is 3.91. The number of carboxylic acid groups (broad SMARTS) is 1. The quantitative estimate of drug-likeness (QED) is 0.325. The summed E-state index contributed by atoms with van der Waals surface area (Å²) in [5.74, 6) is -0.0976. The average Bonchev–Trinajstić information content (AvgIpc) is 2.95. The summed E-state index contributed by atoms with van der Waals surface area (Å²) in [5.41, 5.74) is 1.86. The van der Waals surface area contributed by atoms with Gasteiger partial charge in [0.15, 0.2) is 3.55 Å². The van der Waals surface area contributed by atoms with E-state index in [1.165, 1.54) is 9.80 Å². The molecule has 2 aliphatic rings. The molecule has 2 aromatic rings. The van der Waals surface area contributed by atoms with Crippen LogP contribution in [0.15, 0.2) is 42.6 Å². The lowest BCUT2D eigenvalue weighted by molar-refractivity contribution is -0.128. The Bertz CT molecular complexity index is 1050. The Morgan fingerprint density at radius 2 is 2.00 bits per heavy atom. The Morgan fingerprint density at radius 3 is 2.62 bits per heavy atom. The second-order valence-corrected chi connectivity index (χ2v) is 9.60. The van der Waals surface area contributed by atoms with Gasteiger partial charge in [0, 0.05) is 43.0 Å². The van der Waals surface area contributed by atoms with Crippen LogP contribution in [-0.2, 0) is 14.9 Å². The molecule has 4 rings (SSSR count). The summed E-state index contributed by atoms with van der Waals surface area (Å²) in [4.78, 5) is 44.8. The number of rotatable bonds is 6. The second kappa shape index (κ2) is 8.57. The first-order valence-corrected chi connectivity index (χ1v) is 11.3. The van der Waals surface area contributed by atoms with Crippen LogP contribution >= 0.6 is 22.6 Å². The van der Waals surface area contributed by atoms with Crippen molar-refractivity contribution in [3.05, 3.63) is 59.3 Å². The molecule has 32 heavy (non-hydrogen) atoms. The SMILES string of the molecule is CC(C)Oc1ccc(CNC(=O)C2(I)c3ccccc3C(=O)N2C2CN(C(=O)O)C2)cn1. The van der Waals surface area contributed by atoms with Crippen molar-refractivity contribution in [2.45, 2.75) is 36.1 Å². The van der Waals surface area contributed by atoms with Gasteiger partial charge in [-0.1, -0.05) is 24.3 Å². The first-order chi connectivity index (χ1) is 15.2. The second-order valence-electron chi connectivity index (χ2n) is 8.04. The first-order valence-electron chi connectivity index (χ1n) is 10.2. The fraction of sp³-hybridized carbons (Fsp3) is 0.364. The summed E-state index contributed by atoms with van der Waals surface area (Å²) in [7, 11) is 0. The van der Waals surface area contributed by atoms with E-state index < -0.39 is 9.64 Å². The molecule has 1 saturated heterocycles. The number of ether oxygens (including phenoxy) is 1. The van der Waals surface area contributed by atoms with Crippen LogP contribution in [0.2, 0.25) is 0 Å². The van der Waals surface area contributed by atoms with Crippen LogP contribution < -0.4 is 10.1 Å². The molecule has 1 atom stereocenters. The molecule has 1 unspecified atom stereocenters. The minimum atomic E-state index is -1.27. The van der Waals surface area contributed by atoms with E-state index in [0.29, 0.717) is 17.0 Å². The highest BCUT2D eigenvalue weighted by Crippen LogP contribution is 2.47. The number of hydrogen-bond acceptors (Lipinski definition) is 5. The maximum Gasteiger partial charge on any atom is 0.407 e. The molecule has 1 aromatic heterocycles. The molecule has 168 valence electrons. The fourth-order valence-corrected chi connectivity index (χ4v) is 5.18. The molecule has 3 heterocycles. The zero-order chi connectivity index (χ0) is 23.0. The smallest absolute Gasteiger partial charge is 0.407 e. The number of nitrogens with one attached hydrogen (secondary N) is 1. The zero-order valence-electron chi connectivity index (χ0n) is 17.6. The van der Waals surface area contributed by atoms with Gasteiger partial charge in [0.25, 0.3) is 11.8 Å². The van der Waals surface area contributed by atoms with Crippen molar-refractivity contribution in [2.24, 2.45) is 0 Å². The number of fused-ring (bicyclic) bond motifs is 1. The molecular weight excluding hydrogens is 527 g/mol. The molecule has 10 heteroatoms. The van der Waals surface area contributed by atoms with Crippen LogP contribution in [0.3, 0.4) is 0 Å². The maximum atomic E-state index is 13.4. The van der Waals surface area contributed by atoms with E-state index in [1.807, 2.05) is 42.5 Å². The van der Waals surface area contributed by atoms with E-state index >= 15 is 0 Å². The molecule has 3 amide bonds. The standard InChI is InChI=1S/C22H23IN4O5/c1-13(2)32-18-8-7-14(9-24-18)10-25-20(29)22(23)17-6-4-3-5-16(17)19(28)27(22)15-11-26(12-15)21(30)31/h3-9,13,15H,10-12H2,1-2H3,(H,25,29)(H,30,31). The Labute approximate surface area is 198 Å². The molecule has 9 nitrogen and oxygen atoms in total. The van der Waals surface area contributed by atoms with Crippen molar-refractivity contribution in [1.29, 1.82) is 0 Å². The van der Waals surface area contributed by atoms with Crippen molar-refractivity contribution >= 4 is 40.5 Å². The van der Waals surface area contributed by atoms with Crippen LogP contribution in [0.25, 0.3) is 0 Å². The summed E-state index contributed by atoms with van der Waals surface area (Å²) in [6.45, 7) is 4.41. The topological polar surface area (TPSA) is 112 Å². The Balaban J connectivity index is 1.54. The van der Waals surface area contributed by atoms with Crippen LogP contribution in [0.1, 0.15) is 35.3 Å². The summed E-state index contributed by atoms with van der Waals surface area (Å²) < 4.78 is 4.27.